The van der Waals surface area contributed by atoms with Gasteiger partial charge in [0.05, 0.1) is 17.9 Å². The normalized spacial score (nSPS) is 28.5. The number of amides is 2. The summed E-state index contributed by atoms with van der Waals surface area (Å²) < 4.78 is 5.70. The van der Waals surface area contributed by atoms with Crippen molar-refractivity contribution >= 4 is 23.5 Å². The lowest BCUT2D eigenvalue weighted by molar-refractivity contribution is -0.146. The quantitative estimate of drug-likeness (QED) is 0.844. The molecule has 7 nitrogen and oxygen atoms in total. The Balaban J connectivity index is 1.42. The van der Waals surface area contributed by atoms with E-state index in [1.807, 2.05) is 29.2 Å². The molecule has 0 bridgehead atoms. The van der Waals surface area contributed by atoms with E-state index in [2.05, 4.69) is 5.32 Å². The average molecular weight is 372 g/mol. The van der Waals surface area contributed by atoms with Crippen LogP contribution in [-0.4, -0.2) is 53.6 Å². The number of likely N-dealkylation sites (tertiary alicyclic amines) is 1. The molecular weight excluding hydrogens is 348 g/mol. The number of nitrogens with zero attached hydrogens (tertiary/aromatic N) is 1. The van der Waals surface area contributed by atoms with Gasteiger partial charge in [-0.05, 0) is 36.8 Å². The van der Waals surface area contributed by atoms with E-state index in [4.69, 9.17) is 4.74 Å². The summed E-state index contributed by atoms with van der Waals surface area (Å²) in [5.41, 5.74) is 1.58. The minimum atomic E-state index is -0.791. The Bertz CT molecular complexity index is 756. The lowest BCUT2D eigenvalue weighted by atomic mass is 9.83. The van der Waals surface area contributed by atoms with Crippen LogP contribution in [0.25, 0.3) is 0 Å². The fraction of sp³-hybridized carbons (Fsp3) is 0.550. The van der Waals surface area contributed by atoms with Crippen LogP contribution < -0.4 is 5.32 Å². The summed E-state index contributed by atoms with van der Waals surface area (Å²) in [5, 5.41) is 12.2. The van der Waals surface area contributed by atoms with Gasteiger partial charge in [0.15, 0.2) is 0 Å². The molecule has 3 heterocycles. The fourth-order valence-electron chi connectivity index (χ4n) is 4.64. The zero-order chi connectivity index (χ0) is 19.0. The first kappa shape index (κ1) is 18.0. The highest BCUT2D eigenvalue weighted by Crippen LogP contribution is 2.36. The molecule has 0 aliphatic carbocycles. The first-order chi connectivity index (χ1) is 13.0. The number of aliphatic carboxylic acids is 1. The van der Waals surface area contributed by atoms with E-state index in [-0.39, 0.29) is 30.3 Å². The number of carbonyl (C=O) groups excluding carboxylic acids is 2. The van der Waals surface area contributed by atoms with Crippen molar-refractivity contribution in [2.45, 2.75) is 37.7 Å². The Morgan fingerprint density at radius 3 is 2.63 bits per heavy atom. The molecule has 7 heteroatoms. The zero-order valence-electron chi connectivity index (χ0n) is 15.1. The molecule has 144 valence electrons. The molecule has 3 aliphatic heterocycles. The largest absolute Gasteiger partial charge is 0.481 e. The molecule has 1 aromatic rings. The summed E-state index contributed by atoms with van der Waals surface area (Å²) in [6, 6.07) is 7.44. The van der Waals surface area contributed by atoms with Gasteiger partial charge in [0.1, 0.15) is 0 Å². The lowest BCUT2D eigenvalue weighted by Crippen LogP contribution is -2.45. The van der Waals surface area contributed by atoms with E-state index in [1.54, 1.807) is 0 Å². The Morgan fingerprint density at radius 2 is 1.89 bits per heavy atom. The molecule has 4 rings (SSSR count). The van der Waals surface area contributed by atoms with Crippen molar-refractivity contribution in [3.63, 3.8) is 0 Å². The minimum absolute atomic E-state index is 0.0159. The third-order valence-electron chi connectivity index (χ3n) is 6.07. The molecule has 27 heavy (non-hydrogen) atoms. The van der Waals surface area contributed by atoms with Crippen LogP contribution in [0.2, 0.25) is 0 Å². The van der Waals surface area contributed by atoms with Crippen molar-refractivity contribution in [3.8, 4) is 0 Å². The van der Waals surface area contributed by atoms with Gasteiger partial charge in [0.2, 0.25) is 11.8 Å². The highest BCUT2D eigenvalue weighted by molar-refractivity contribution is 6.01. The van der Waals surface area contributed by atoms with E-state index >= 15 is 0 Å². The number of hydrogen-bond donors (Lipinski definition) is 2. The minimum Gasteiger partial charge on any atom is -0.481 e. The zero-order valence-corrected chi connectivity index (χ0v) is 15.1. The van der Waals surface area contributed by atoms with Gasteiger partial charge in [-0.15, -0.1) is 0 Å². The fourth-order valence-corrected chi connectivity index (χ4v) is 4.64. The summed E-state index contributed by atoms with van der Waals surface area (Å²) in [6.45, 7) is 1.65. The number of para-hydroxylation sites is 1. The van der Waals surface area contributed by atoms with E-state index in [9.17, 15) is 19.5 Å². The molecule has 2 amide bonds. The summed E-state index contributed by atoms with van der Waals surface area (Å²) in [6.07, 6.45) is 1.96. The molecule has 2 unspecified atom stereocenters. The Hall–Kier alpha value is -2.41. The number of anilines is 1. The van der Waals surface area contributed by atoms with Crippen molar-refractivity contribution in [1.82, 2.24) is 4.90 Å². The third kappa shape index (κ3) is 3.43. The van der Waals surface area contributed by atoms with Crippen LogP contribution >= 0.6 is 0 Å². The van der Waals surface area contributed by atoms with Crippen LogP contribution in [0.4, 0.5) is 5.69 Å². The van der Waals surface area contributed by atoms with E-state index in [1.165, 1.54) is 0 Å². The van der Waals surface area contributed by atoms with Gasteiger partial charge < -0.3 is 20.1 Å². The highest BCUT2D eigenvalue weighted by atomic mass is 16.5. The number of carboxylic acids is 1. The van der Waals surface area contributed by atoms with Crippen LogP contribution in [0.1, 0.15) is 37.2 Å². The topological polar surface area (TPSA) is 95.9 Å². The maximum Gasteiger partial charge on any atom is 0.309 e. The highest BCUT2D eigenvalue weighted by Gasteiger charge is 2.42. The first-order valence-electron chi connectivity index (χ1n) is 9.56. The number of piperidine rings is 1. The molecule has 3 aliphatic rings. The molecule has 0 aromatic heterocycles. The monoisotopic (exact) mass is 372 g/mol. The van der Waals surface area contributed by atoms with E-state index < -0.39 is 17.8 Å². The summed E-state index contributed by atoms with van der Waals surface area (Å²) in [4.78, 5) is 38.3. The van der Waals surface area contributed by atoms with Crippen molar-refractivity contribution < 1.29 is 24.2 Å². The second kappa shape index (κ2) is 7.31. The van der Waals surface area contributed by atoms with Gasteiger partial charge in [-0.2, -0.15) is 0 Å². The first-order valence-corrected chi connectivity index (χ1v) is 9.56. The second-order valence-corrected chi connectivity index (χ2v) is 7.62. The van der Waals surface area contributed by atoms with Crippen molar-refractivity contribution in [2.24, 2.45) is 11.8 Å². The second-order valence-electron chi connectivity index (χ2n) is 7.62. The number of benzene rings is 1. The number of carbonyl (C=O) groups is 3. The molecular formula is C20H24N2O5. The van der Waals surface area contributed by atoms with Gasteiger partial charge >= 0.3 is 5.97 Å². The summed E-state index contributed by atoms with van der Waals surface area (Å²) in [5.74, 6) is -1.66. The number of rotatable bonds is 3. The molecule has 2 N–H and O–H groups in total. The van der Waals surface area contributed by atoms with Crippen LogP contribution in [0.5, 0.6) is 0 Å². The Morgan fingerprint density at radius 1 is 1.15 bits per heavy atom. The number of fused-ring (bicyclic) bond motifs is 1. The van der Waals surface area contributed by atoms with E-state index in [0.29, 0.717) is 31.8 Å². The third-order valence-corrected chi connectivity index (χ3v) is 6.07. The van der Waals surface area contributed by atoms with Crippen molar-refractivity contribution in [2.75, 3.05) is 25.0 Å². The molecule has 2 fully saturated rings. The SMILES string of the molecule is O=C1CC(C(=O)N2CCC([C@@H]3OCCC3C(=O)O)CC2)c2ccccc2N1. The van der Waals surface area contributed by atoms with Gasteiger partial charge in [-0.3, -0.25) is 14.4 Å². The molecule has 0 radical (unpaired) electrons. The molecule has 0 spiro atoms. The molecule has 2 saturated heterocycles. The van der Waals surface area contributed by atoms with E-state index in [0.717, 1.165) is 18.4 Å². The number of carboxylic acid groups (broad SMARTS) is 1. The van der Waals surface area contributed by atoms with Crippen molar-refractivity contribution in [3.05, 3.63) is 29.8 Å². The average Bonchev–Trinajstić information content (AvgIpc) is 3.17. The summed E-state index contributed by atoms with van der Waals surface area (Å²) >= 11 is 0. The number of nitrogens with one attached hydrogen (secondary N) is 1. The predicted molar refractivity (Wildman–Crippen MR) is 97.2 cm³/mol. The van der Waals surface area contributed by atoms with Crippen LogP contribution in [0.15, 0.2) is 24.3 Å². The summed E-state index contributed by atoms with van der Waals surface area (Å²) in [7, 11) is 0. The van der Waals surface area contributed by atoms with Gasteiger partial charge in [0.25, 0.3) is 0 Å². The smallest absolute Gasteiger partial charge is 0.309 e. The van der Waals surface area contributed by atoms with Gasteiger partial charge in [-0.1, -0.05) is 18.2 Å². The standard InChI is InChI=1S/C20H24N2O5/c23-17-11-15(13-3-1-2-4-16(13)21-17)19(24)22-8-5-12(6-9-22)18-14(20(25)26)7-10-27-18/h1-4,12,14-15,18H,5-11H2,(H,21,23)(H,25,26)/t14?,15?,18-/m0/s1. The number of hydrogen-bond acceptors (Lipinski definition) is 4. The predicted octanol–water partition coefficient (Wildman–Crippen LogP) is 1.84. The maximum absolute atomic E-state index is 13.1. The number of ether oxygens (including phenoxy) is 1. The lowest BCUT2D eigenvalue weighted by Gasteiger charge is -2.37. The molecule has 3 atom stereocenters. The van der Waals surface area contributed by atoms with Crippen LogP contribution in [0, 0.1) is 11.8 Å². The molecule has 1 aromatic carbocycles. The van der Waals surface area contributed by atoms with Gasteiger partial charge in [-0.25, -0.2) is 0 Å². The Labute approximate surface area is 157 Å². The van der Waals surface area contributed by atoms with Crippen molar-refractivity contribution in [1.29, 1.82) is 0 Å². The maximum atomic E-state index is 13.1. The Kier molecular flexibility index (Phi) is 4.86. The van der Waals surface area contributed by atoms with Gasteiger partial charge in [0, 0.05) is 31.8 Å². The van der Waals surface area contributed by atoms with Crippen LogP contribution in [0.3, 0.4) is 0 Å². The molecule has 0 saturated carbocycles. The van der Waals surface area contributed by atoms with Crippen LogP contribution in [-0.2, 0) is 19.1 Å².